The molecule has 1 unspecified atom stereocenters. The van der Waals surface area contributed by atoms with Crippen molar-refractivity contribution in [2.75, 3.05) is 12.8 Å². The van der Waals surface area contributed by atoms with Gasteiger partial charge in [0, 0.05) is 17.8 Å². The van der Waals surface area contributed by atoms with Crippen molar-refractivity contribution in [2.24, 2.45) is 5.41 Å². The number of hydrogen-bond donors (Lipinski definition) is 2. The van der Waals surface area contributed by atoms with Gasteiger partial charge in [-0.25, -0.2) is 0 Å². The van der Waals surface area contributed by atoms with E-state index in [-0.39, 0.29) is 11.9 Å². The summed E-state index contributed by atoms with van der Waals surface area (Å²) in [4.78, 5) is 12.3. The second kappa shape index (κ2) is 5.73. The zero-order chi connectivity index (χ0) is 14.8. The third-order valence-corrected chi connectivity index (χ3v) is 4.04. The molecular weight excluding hydrogens is 252 g/mol. The van der Waals surface area contributed by atoms with Crippen molar-refractivity contribution < 1.29 is 9.53 Å². The Balaban J connectivity index is 2.05. The Morgan fingerprint density at radius 3 is 2.80 bits per heavy atom. The monoisotopic (exact) mass is 276 g/mol. The van der Waals surface area contributed by atoms with E-state index in [1.165, 1.54) is 6.42 Å². The maximum Gasteiger partial charge on any atom is 0.253 e. The third-order valence-electron chi connectivity index (χ3n) is 4.04. The molecule has 4 nitrogen and oxygen atoms in total. The van der Waals surface area contributed by atoms with Gasteiger partial charge in [0.15, 0.2) is 0 Å². The van der Waals surface area contributed by atoms with E-state index in [0.717, 1.165) is 19.3 Å². The summed E-state index contributed by atoms with van der Waals surface area (Å²) in [6.45, 7) is 4.51. The number of carbonyl (C=O) groups is 1. The summed E-state index contributed by atoms with van der Waals surface area (Å²) >= 11 is 0. The summed E-state index contributed by atoms with van der Waals surface area (Å²) in [5, 5.41) is 3.11. The van der Waals surface area contributed by atoms with Gasteiger partial charge in [0.2, 0.25) is 0 Å². The molecule has 110 valence electrons. The molecule has 20 heavy (non-hydrogen) atoms. The average molecular weight is 276 g/mol. The van der Waals surface area contributed by atoms with Gasteiger partial charge in [-0.15, -0.1) is 0 Å². The van der Waals surface area contributed by atoms with E-state index < -0.39 is 0 Å². The molecule has 1 aliphatic rings. The largest absolute Gasteiger partial charge is 0.497 e. The van der Waals surface area contributed by atoms with Crippen LogP contribution in [0.1, 0.15) is 49.9 Å². The first-order chi connectivity index (χ1) is 9.41. The number of rotatable bonds is 3. The molecule has 1 atom stereocenters. The highest BCUT2D eigenvalue weighted by Crippen LogP contribution is 2.35. The first-order valence-corrected chi connectivity index (χ1v) is 7.16. The lowest BCUT2D eigenvalue weighted by atomic mass is 9.75. The minimum absolute atomic E-state index is 0.0900. The zero-order valence-corrected chi connectivity index (χ0v) is 12.5. The van der Waals surface area contributed by atoms with Crippen LogP contribution in [0.5, 0.6) is 5.75 Å². The van der Waals surface area contributed by atoms with Gasteiger partial charge in [-0.2, -0.15) is 0 Å². The molecular formula is C16H24N2O2. The Morgan fingerprint density at radius 1 is 1.45 bits per heavy atom. The average Bonchev–Trinajstić information content (AvgIpc) is 2.37. The molecule has 4 heteroatoms. The van der Waals surface area contributed by atoms with Gasteiger partial charge in [0.05, 0.1) is 12.7 Å². The Morgan fingerprint density at radius 2 is 2.20 bits per heavy atom. The van der Waals surface area contributed by atoms with Crippen LogP contribution in [0.25, 0.3) is 0 Å². The first kappa shape index (κ1) is 14.7. The fourth-order valence-electron chi connectivity index (χ4n) is 2.96. The second-order valence-electron chi connectivity index (χ2n) is 6.38. The molecule has 0 heterocycles. The Bertz CT molecular complexity index is 497. The van der Waals surface area contributed by atoms with Crippen LogP contribution in [0.3, 0.4) is 0 Å². The highest BCUT2D eigenvalue weighted by Gasteiger charge is 2.29. The lowest BCUT2D eigenvalue weighted by molar-refractivity contribution is 0.0903. The summed E-state index contributed by atoms with van der Waals surface area (Å²) in [7, 11) is 1.58. The zero-order valence-electron chi connectivity index (χ0n) is 12.5. The molecule has 0 saturated heterocycles. The van der Waals surface area contributed by atoms with Crippen LogP contribution in [0.2, 0.25) is 0 Å². The van der Waals surface area contributed by atoms with Gasteiger partial charge in [-0.05, 0) is 36.8 Å². The van der Waals surface area contributed by atoms with Gasteiger partial charge >= 0.3 is 0 Å². The number of benzene rings is 1. The molecule has 1 amide bonds. The summed E-state index contributed by atoms with van der Waals surface area (Å²) in [5.41, 5.74) is 7.20. The van der Waals surface area contributed by atoms with E-state index in [2.05, 4.69) is 19.2 Å². The fraction of sp³-hybridized carbons (Fsp3) is 0.562. The second-order valence-corrected chi connectivity index (χ2v) is 6.38. The van der Waals surface area contributed by atoms with Crippen molar-refractivity contribution in [1.82, 2.24) is 5.32 Å². The van der Waals surface area contributed by atoms with Crippen LogP contribution < -0.4 is 15.8 Å². The van der Waals surface area contributed by atoms with Gasteiger partial charge in [0.25, 0.3) is 5.91 Å². The number of nitrogen functional groups attached to an aromatic ring is 1. The number of nitrogens with one attached hydrogen (secondary N) is 1. The summed E-state index contributed by atoms with van der Waals surface area (Å²) in [5.74, 6) is 0.575. The van der Waals surface area contributed by atoms with Crippen LogP contribution in [0.15, 0.2) is 18.2 Å². The smallest absolute Gasteiger partial charge is 0.253 e. The van der Waals surface area contributed by atoms with Crippen molar-refractivity contribution in [3.8, 4) is 5.75 Å². The van der Waals surface area contributed by atoms with Gasteiger partial charge in [0.1, 0.15) is 5.75 Å². The molecule has 1 aliphatic carbocycles. The van der Waals surface area contributed by atoms with Crippen LogP contribution in [-0.4, -0.2) is 19.1 Å². The molecule has 1 saturated carbocycles. The van der Waals surface area contributed by atoms with E-state index in [1.54, 1.807) is 25.3 Å². The van der Waals surface area contributed by atoms with E-state index >= 15 is 0 Å². The normalized spacial score (nSPS) is 21.2. The molecule has 0 spiro atoms. The third kappa shape index (κ3) is 3.44. The van der Waals surface area contributed by atoms with E-state index in [4.69, 9.17) is 10.5 Å². The molecule has 2 rings (SSSR count). The summed E-state index contributed by atoms with van der Waals surface area (Å²) in [6, 6.07) is 5.40. The summed E-state index contributed by atoms with van der Waals surface area (Å²) < 4.78 is 5.10. The predicted molar refractivity (Wildman–Crippen MR) is 80.9 cm³/mol. The van der Waals surface area contributed by atoms with Crippen molar-refractivity contribution in [3.63, 3.8) is 0 Å². The van der Waals surface area contributed by atoms with Gasteiger partial charge < -0.3 is 15.8 Å². The van der Waals surface area contributed by atoms with Crippen molar-refractivity contribution >= 4 is 11.6 Å². The van der Waals surface area contributed by atoms with Crippen molar-refractivity contribution in [3.05, 3.63) is 23.8 Å². The molecule has 1 aromatic carbocycles. The van der Waals surface area contributed by atoms with Crippen molar-refractivity contribution in [1.29, 1.82) is 0 Å². The van der Waals surface area contributed by atoms with Crippen molar-refractivity contribution in [2.45, 2.75) is 45.6 Å². The molecule has 0 bridgehead atoms. The maximum atomic E-state index is 12.3. The minimum Gasteiger partial charge on any atom is -0.497 e. The highest BCUT2D eigenvalue weighted by atomic mass is 16.5. The van der Waals surface area contributed by atoms with Crippen LogP contribution >= 0.6 is 0 Å². The number of carbonyl (C=O) groups excluding carboxylic acids is 1. The molecule has 0 aromatic heterocycles. The fourth-order valence-corrected chi connectivity index (χ4v) is 2.96. The van der Waals surface area contributed by atoms with Crippen LogP contribution in [0, 0.1) is 5.41 Å². The standard InChI is InChI=1S/C16H24N2O2/c1-16(2)8-4-5-11(10-16)18-15(19)13-7-6-12(20-3)9-14(13)17/h6-7,9,11H,4-5,8,10,17H2,1-3H3,(H,18,19). The molecule has 0 radical (unpaired) electrons. The molecule has 1 aromatic rings. The van der Waals surface area contributed by atoms with Crippen LogP contribution in [-0.2, 0) is 0 Å². The molecule has 1 fully saturated rings. The minimum atomic E-state index is -0.0900. The lowest BCUT2D eigenvalue weighted by Gasteiger charge is -2.35. The number of hydrogen-bond acceptors (Lipinski definition) is 3. The topological polar surface area (TPSA) is 64.3 Å². The van der Waals surface area contributed by atoms with Gasteiger partial charge in [-0.3, -0.25) is 4.79 Å². The van der Waals surface area contributed by atoms with Crippen LogP contribution in [0.4, 0.5) is 5.69 Å². The number of ether oxygens (including phenoxy) is 1. The Labute approximate surface area is 120 Å². The first-order valence-electron chi connectivity index (χ1n) is 7.16. The number of anilines is 1. The van der Waals surface area contributed by atoms with E-state index in [9.17, 15) is 4.79 Å². The maximum absolute atomic E-state index is 12.3. The van der Waals surface area contributed by atoms with E-state index in [0.29, 0.717) is 22.4 Å². The SMILES string of the molecule is COc1ccc(C(=O)NC2CCCC(C)(C)C2)c(N)c1. The number of methoxy groups -OCH3 is 1. The lowest BCUT2D eigenvalue weighted by Crippen LogP contribution is -2.40. The Hall–Kier alpha value is -1.71. The quantitative estimate of drug-likeness (QED) is 0.834. The Kier molecular flexibility index (Phi) is 4.21. The summed E-state index contributed by atoms with van der Waals surface area (Å²) in [6.07, 6.45) is 4.46. The van der Waals surface area contributed by atoms with Gasteiger partial charge in [-0.1, -0.05) is 20.3 Å². The number of amides is 1. The molecule has 3 N–H and O–H groups in total. The number of nitrogens with two attached hydrogens (primary N) is 1. The molecule has 0 aliphatic heterocycles. The highest BCUT2D eigenvalue weighted by molar-refractivity contribution is 5.99. The predicted octanol–water partition coefficient (Wildman–Crippen LogP) is 2.98. The van der Waals surface area contributed by atoms with E-state index in [1.807, 2.05) is 0 Å².